The van der Waals surface area contributed by atoms with Gasteiger partial charge in [0.1, 0.15) is 11.3 Å². The molecule has 1 N–H and O–H groups in total. The van der Waals surface area contributed by atoms with Gasteiger partial charge in [0.05, 0.1) is 6.61 Å². The average Bonchev–Trinajstić information content (AvgIpc) is 2.96. The van der Waals surface area contributed by atoms with Crippen LogP contribution in [0.15, 0.2) is 12.1 Å². The monoisotopic (exact) mass is 333 g/mol. The van der Waals surface area contributed by atoms with Crippen molar-refractivity contribution in [3.63, 3.8) is 0 Å². The van der Waals surface area contributed by atoms with E-state index in [1.54, 1.807) is 0 Å². The predicted molar refractivity (Wildman–Crippen MR) is 97.2 cm³/mol. The van der Waals surface area contributed by atoms with Crippen molar-refractivity contribution in [3.8, 4) is 5.75 Å². The zero-order valence-electron chi connectivity index (χ0n) is 15.3. The number of hydrogen-bond donors (Lipinski definition) is 1. The summed E-state index contributed by atoms with van der Waals surface area (Å²) in [6.45, 7) is 9.33. The molecule has 0 fully saturated rings. The number of aromatic carboxylic acids is 1. The van der Waals surface area contributed by atoms with Crippen LogP contribution in [0.1, 0.15) is 67.9 Å². The maximum absolute atomic E-state index is 11.6. The third-order valence-electron chi connectivity index (χ3n) is 4.74. The van der Waals surface area contributed by atoms with E-state index < -0.39 is 5.97 Å². The van der Waals surface area contributed by atoms with E-state index in [-0.39, 0.29) is 0 Å². The van der Waals surface area contributed by atoms with Crippen molar-refractivity contribution in [3.05, 3.63) is 28.8 Å². The molecule has 24 heavy (non-hydrogen) atoms. The molecular weight excluding hydrogens is 302 g/mol. The van der Waals surface area contributed by atoms with Crippen LogP contribution < -0.4 is 4.74 Å². The van der Waals surface area contributed by atoms with Gasteiger partial charge in [-0.1, -0.05) is 27.2 Å². The maximum atomic E-state index is 11.6. The number of fused-ring (bicyclic) bond motifs is 1. The number of nitrogens with zero attached hydrogens (tertiary/aromatic N) is 1. The number of carbonyl (C=O) groups is 1. The fraction of sp³-hybridized carbons (Fsp3) is 0.650. The highest BCUT2D eigenvalue weighted by atomic mass is 16.5. The van der Waals surface area contributed by atoms with Crippen LogP contribution in [-0.4, -0.2) is 41.7 Å². The van der Waals surface area contributed by atoms with Crippen molar-refractivity contribution in [2.75, 3.05) is 19.7 Å². The summed E-state index contributed by atoms with van der Waals surface area (Å²) in [6.07, 6.45) is 6.24. The molecule has 0 spiro atoms. The molecule has 0 aromatic heterocycles. The van der Waals surface area contributed by atoms with Gasteiger partial charge in [-0.15, -0.1) is 0 Å². The Balaban J connectivity index is 2.19. The number of carboxylic acids is 1. The molecule has 0 heterocycles. The third-order valence-corrected chi connectivity index (χ3v) is 4.74. The molecule has 1 unspecified atom stereocenters. The number of hydrogen-bond acceptors (Lipinski definition) is 3. The molecular formula is C20H31NO3. The van der Waals surface area contributed by atoms with Crippen molar-refractivity contribution in [1.82, 2.24) is 4.90 Å². The summed E-state index contributed by atoms with van der Waals surface area (Å²) in [5.41, 5.74) is 2.74. The maximum Gasteiger partial charge on any atom is 0.339 e. The van der Waals surface area contributed by atoms with Crippen molar-refractivity contribution >= 4 is 5.97 Å². The molecule has 1 aromatic carbocycles. The molecule has 1 atom stereocenters. The Bertz CT molecular complexity index is 550. The zero-order valence-corrected chi connectivity index (χ0v) is 15.3. The molecule has 0 amide bonds. The standard InChI is InChI=1S/C20H31NO3/c1-4-7-10-24-19-14-16-12-17(21(8-5-2)9-6-3)11-15(16)13-18(19)20(22)23/h13-14,17H,4-12H2,1-3H3,(H,22,23). The molecule has 1 aromatic rings. The minimum Gasteiger partial charge on any atom is -0.493 e. The third kappa shape index (κ3) is 4.50. The van der Waals surface area contributed by atoms with E-state index in [9.17, 15) is 9.90 Å². The first-order chi connectivity index (χ1) is 11.6. The van der Waals surface area contributed by atoms with Gasteiger partial charge in [0.15, 0.2) is 0 Å². The molecule has 0 saturated carbocycles. The largest absolute Gasteiger partial charge is 0.493 e. The number of benzene rings is 1. The summed E-state index contributed by atoms with van der Waals surface area (Å²) in [5, 5.41) is 9.51. The zero-order chi connectivity index (χ0) is 17.5. The van der Waals surface area contributed by atoms with Crippen LogP contribution in [0.2, 0.25) is 0 Å². The van der Waals surface area contributed by atoms with Gasteiger partial charge in [-0.25, -0.2) is 4.79 Å². The smallest absolute Gasteiger partial charge is 0.339 e. The summed E-state index contributed by atoms with van der Waals surface area (Å²) in [6, 6.07) is 4.31. The van der Waals surface area contributed by atoms with Gasteiger partial charge in [0.2, 0.25) is 0 Å². The van der Waals surface area contributed by atoms with Crippen LogP contribution in [0.25, 0.3) is 0 Å². The van der Waals surface area contributed by atoms with Gasteiger partial charge in [-0.2, -0.15) is 0 Å². The second-order valence-corrected chi connectivity index (χ2v) is 6.72. The topological polar surface area (TPSA) is 49.8 Å². The van der Waals surface area contributed by atoms with Crippen LogP contribution in [0.4, 0.5) is 0 Å². The summed E-state index contributed by atoms with van der Waals surface area (Å²) in [5.74, 6) is -0.361. The van der Waals surface area contributed by atoms with E-state index in [0.29, 0.717) is 24.0 Å². The summed E-state index contributed by atoms with van der Waals surface area (Å²) in [7, 11) is 0. The van der Waals surface area contributed by atoms with Crippen molar-refractivity contribution < 1.29 is 14.6 Å². The van der Waals surface area contributed by atoms with Crippen LogP contribution in [-0.2, 0) is 12.8 Å². The molecule has 1 aliphatic carbocycles. The van der Waals surface area contributed by atoms with Crippen LogP contribution in [0.5, 0.6) is 5.75 Å². The Kier molecular flexibility index (Phi) is 7.10. The van der Waals surface area contributed by atoms with Crippen LogP contribution >= 0.6 is 0 Å². The Morgan fingerprint density at radius 1 is 1.12 bits per heavy atom. The second kappa shape index (κ2) is 9.07. The fourth-order valence-corrected chi connectivity index (χ4v) is 3.55. The van der Waals surface area contributed by atoms with E-state index >= 15 is 0 Å². The lowest BCUT2D eigenvalue weighted by molar-refractivity contribution is 0.0692. The van der Waals surface area contributed by atoms with Crippen LogP contribution in [0, 0.1) is 0 Å². The summed E-state index contributed by atoms with van der Waals surface area (Å²) < 4.78 is 5.76. The van der Waals surface area contributed by atoms with E-state index in [2.05, 4.69) is 25.7 Å². The second-order valence-electron chi connectivity index (χ2n) is 6.72. The van der Waals surface area contributed by atoms with E-state index in [4.69, 9.17) is 4.74 Å². The first kappa shape index (κ1) is 18.8. The van der Waals surface area contributed by atoms with E-state index in [1.165, 1.54) is 11.1 Å². The Morgan fingerprint density at radius 3 is 2.29 bits per heavy atom. The van der Waals surface area contributed by atoms with E-state index in [1.807, 2.05) is 12.1 Å². The van der Waals surface area contributed by atoms with Gasteiger partial charge >= 0.3 is 5.97 Å². The Morgan fingerprint density at radius 2 is 1.75 bits per heavy atom. The molecule has 0 aliphatic heterocycles. The Hall–Kier alpha value is -1.55. The van der Waals surface area contributed by atoms with E-state index in [0.717, 1.165) is 51.6 Å². The normalized spacial score (nSPS) is 16.4. The molecule has 0 bridgehead atoms. The fourth-order valence-electron chi connectivity index (χ4n) is 3.55. The molecule has 2 rings (SSSR count). The molecule has 0 saturated heterocycles. The lowest BCUT2D eigenvalue weighted by Crippen LogP contribution is -2.37. The van der Waals surface area contributed by atoms with Gasteiger partial charge in [-0.3, -0.25) is 4.90 Å². The van der Waals surface area contributed by atoms with Gasteiger partial charge in [0, 0.05) is 6.04 Å². The lowest BCUT2D eigenvalue weighted by Gasteiger charge is -2.27. The highest BCUT2D eigenvalue weighted by Crippen LogP contribution is 2.32. The van der Waals surface area contributed by atoms with Gasteiger partial charge < -0.3 is 9.84 Å². The lowest BCUT2D eigenvalue weighted by atomic mass is 10.1. The predicted octanol–water partition coefficient (Wildman–Crippen LogP) is 4.15. The number of rotatable bonds is 10. The Labute approximate surface area is 145 Å². The van der Waals surface area contributed by atoms with Gasteiger partial charge in [0.25, 0.3) is 0 Å². The quantitative estimate of drug-likeness (QED) is 0.653. The molecule has 4 heteroatoms. The van der Waals surface area contributed by atoms with Crippen molar-refractivity contribution in [1.29, 1.82) is 0 Å². The molecule has 134 valence electrons. The summed E-state index contributed by atoms with van der Waals surface area (Å²) >= 11 is 0. The average molecular weight is 333 g/mol. The number of unbranched alkanes of at least 4 members (excludes halogenated alkanes) is 1. The number of ether oxygens (including phenoxy) is 1. The van der Waals surface area contributed by atoms with Crippen molar-refractivity contribution in [2.45, 2.75) is 65.3 Å². The first-order valence-corrected chi connectivity index (χ1v) is 9.36. The molecule has 1 aliphatic rings. The highest BCUT2D eigenvalue weighted by molar-refractivity contribution is 5.91. The first-order valence-electron chi connectivity index (χ1n) is 9.36. The highest BCUT2D eigenvalue weighted by Gasteiger charge is 2.28. The van der Waals surface area contributed by atoms with Crippen LogP contribution in [0.3, 0.4) is 0 Å². The number of carboxylic acid groups (broad SMARTS) is 1. The van der Waals surface area contributed by atoms with Gasteiger partial charge in [-0.05, 0) is 68.5 Å². The SMILES string of the molecule is CCCCOc1cc2c(cc1C(=O)O)CC(N(CCC)CCC)C2. The molecule has 0 radical (unpaired) electrons. The minimum absolute atomic E-state index is 0.308. The summed E-state index contributed by atoms with van der Waals surface area (Å²) in [4.78, 5) is 14.1. The minimum atomic E-state index is -0.897. The molecule has 4 nitrogen and oxygen atoms in total. The van der Waals surface area contributed by atoms with Crippen molar-refractivity contribution in [2.24, 2.45) is 0 Å².